The van der Waals surface area contributed by atoms with Crippen LogP contribution in [0.25, 0.3) is 0 Å². The number of halogens is 1. The predicted molar refractivity (Wildman–Crippen MR) is 95.3 cm³/mol. The third-order valence-corrected chi connectivity index (χ3v) is 3.96. The molecule has 0 bridgehead atoms. The molecule has 0 aliphatic heterocycles. The molecule has 2 aromatic carbocycles. The fraction of sp³-hybridized carbons (Fsp3) is 0.235. The molecule has 4 heteroatoms. The van der Waals surface area contributed by atoms with E-state index in [1.54, 1.807) is 0 Å². The Labute approximate surface area is 139 Å². The number of benzene rings is 2. The van der Waals surface area contributed by atoms with Crippen LogP contribution < -0.4 is 10.6 Å². The average molecular weight is 394 g/mol. The molecule has 0 heterocycles. The van der Waals surface area contributed by atoms with E-state index in [9.17, 15) is 4.79 Å². The Morgan fingerprint density at radius 1 is 1.10 bits per heavy atom. The third kappa shape index (κ3) is 5.04. The molecule has 0 fully saturated rings. The van der Waals surface area contributed by atoms with E-state index >= 15 is 0 Å². The van der Waals surface area contributed by atoms with Crippen LogP contribution >= 0.6 is 22.6 Å². The maximum atomic E-state index is 12.1. The Balaban J connectivity index is 1.87. The lowest BCUT2D eigenvalue weighted by Gasteiger charge is -2.18. The minimum absolute atomic E-state index is 0.00394. The monoisotopic (exact) mass is 394 g/mol. The van der Waals surface area contributed by atoms with Crippen LogP contribution in [0.1, 0.15) is 24.9 Å². The van der Waals surface area contributed by atoms with Crippen molar-refractivity contribution in [2.45, 2.75) is 19.4 Å². The summed E-state index contributed by atoms with van der Waals surface area (Å²) >= 11 is 2.26. The smallest absolute Gasteiger partial charge is 0.239 e. The van der Waals surface area contributed by atoms with Gasteiger partial charge >= 0.3 is 0 Å². The Morgan fingerprint density at radius 2 is 1.76 bits per heavy atom. The topological polar surface area (TPSA) is 41.1 Å². The molecule has 0 aromatic heterocycles. The van der Waals surface area contributed by atoms with Crippen LogP contribution in [-0.2, 0) is 4.79 Å². The first-order valence-electron chi connectivity index (χ1n) is 7.02. The summed E-state index contributed by atoms with van der Waals surface area (Å²) in [6.07, 6.45) is 0.874. The zero-order valence-corrected chi connectivity index (χ0v) is 14.1. The molecule has 1 unspecified atom stereocenters. The molecule has 0 radical (unpaired) electrons. The number of hydrogen-bond acceptors (Lipinski definition) is 2. The Hall–Kier alpha value is -1.56. The maximum Gasteiger partial charge on any atom is 0.239 e. The third-order valence-electron chi connectivity index (χ3n) is 3.24. The van der Waals surface area contributed by atoms with E-state index in [4.69, 9.17) is 0 Å². The lowest BCUT2D eigenvalue weighted by molar-refractivity contribution is -0.120. The second-order valence-corrected chi connectivity index (χ2v) is 6.05. The molecule has 0 aliphatic carbocycles. The summed E-state index contributed by atoms with van der Waals surface area (Å²) in [6, 6.07) is 18.1. The summed E-state index contributed by atoms with van der Waals surface area (Å²) < 4.78 is 1.18. The highest BCUT2D eigenvalue weighted by atomic mass is 127. The minimum Gasteiger partial charge on any atom is -0.376 e. The molecule has 0 saturated carbocycles. The molecule has 0 aliphatic rings. The minimum atomic E-state index is 0.00394. The van der Waals surface area contributed by atoms with Crippen molar-refractivity contribution in [3.05, 3.63) is 63.7 Å². The summed E-state index contributed by atoms with van der Waals surface area (Å²) in [6.45, 7) is 2.36. The highest BCUT2D eigenvalue weighted by Crippen LogP contribution is 2.16. The Morgan fingerprint density at radius 3 is 2.38 bits per heavy atom. The Bertz CT molecular complexity index is 569. The van der Waals surface area contributed by atoms with Gasteiger partial charge < -0.3 is 10.6 Å². The van der Waals surface area contributed by atoms with Crippen LogP contribution in [0.15, 0.2) is 54.6 Å². The highest BCUT2D eigenvalue weighted by molar-refractivity contribution is 14.1. The second-order valence-electron chi connectivity index (χ2n) is 4.80. The van der Waals surface area contributed by atoms with Crippen molar-refractivity contribution >= 4 is 34.2 Å². The van der Waals surface area contributed by atoms with Gasteiger partial charge in [0, 0.05) is 9.26 Å². The van der Waals surface area contributed by atoms with Gasteiger partial charge in [-0.25, -0.2) is 0 Å². The largest absolute Gasteiger partial charge is 0.376 e. The SMILES string of the molecule is CCC(NC(=O)CNc1ccc(I)cc1)c1ccccc1. The van der Waals surface area contributed by atoms with Gasteiger partial charge in [0.2, 0.25) is 5.91 Å². The molecular formula is C17H19IN2O. The van der Waals surface area contributed by atoms with Gasteiger partial charge in [-0.2, -0.15) is 0 Å². The van der Waals surface area contributed by atoms with Crippen LogP contribution in [0, 0.1) is 3.57 Å². The van der Waals surface area contributed by atoms with Crippen molar-refractivity contribution < 1.29 is 4.79 Å². The molecule has 1 atom stereocenters. The van der Waals surface area contributed by atoms with Crippen molar-refractivity contribution in [1.29, 1.82) is 0 Å². The lowest BCUT2D eigenvalue weighted by atomic mass is 10.0. The normalized spacial score (nSPS) is 11.7. The summed E-state index contributed by atoms with van der Waals surface area (Å²) in [7, 11) is 0. The van der Waals surface area contributed by atoms with E-state index in [0.29, 0.717) is 0 Å². The van der Waals surface area contributed by atoms with E-state index in [1.807, 2.05) is 54.6 Å². The molecule has 2 aromatic rings. The van der Waals surface area contributed by atoms with Crippen LogP contribution in [-0.4, -0.2) is 12.5 Å². The summed E-state index contributed by atoms with van der Waals surface area (Å²) in [4.78, 5) is 12.1. The fourth-order valence-electron chi connectivity index (χ4n) is 2.10. The van der Waals surface area contributed by atoms with Crippen molar-refractivity contribution in [2.75, 3.05) is 11.9 Å². The van der Waals surface area contributed by atoms with Crippen LogP contribution in [0.3, 0.4) is 0 Å². The summed E-state index contributed by atoms with van der Waals surface area (Å²) in [5.41, 5.74) is 2.10. The second kappa shape index (κ2) is 8.02. The summed E-state index contributed by atoms with van der Waals surface area (Å²) in [5, 5.41) is 6.20. The zero-order valence-electron chi connectivity index (χ0n) is 12.0. The first-order valence-corrected chi connectivity index (χ1v) is 8.10. The molecule has 2 rings (SSSR count). The number of carbonyl (C=O) groups is 1. The number of rotatable bonds is 6. The number of carbonyl (C=O) groups excluding carboxylic acids is 1. The molecule has 3 nitrogen and oxygen atoms in total. The van der Waals surface area contributed by atoms with E-state index in [0.717, 1.165) is 17.7 Å². The van der Waals surface area contributed by atoms with Crippen LogP contribution in [0.5, 0.6) is 0 Å². The molecule has 110 valence electrons. The van der Waals surface area contributed by atoms with Crippen molar-refractivity contribution in [2.24, 2.45) is 0 Å². The van der Waals surface area contributed by atoms with Crippen molar-refractivity contribution in [1.82, 2.24) is 5.32 Å². The van der Waals surface area contributed by atoms with E-state index in [2.05, 4.69) is 40.1 Å². The zero-order chi connectivity index (χ0) is 15.1. The molecule has 1 amide bonds. The average Bonchev–Trinajstić information content (AvgIpc) is 2.53. The van der Waals surface area contributed by atoms with Gasteiger partial charge in [0.1, 0.15) is 0 Å². The van der Waals surface area contributed by atoms with Gasteiger partial charge in [-0.05, 0) is 58.8 Å². The van der Waals surface area contributed by atoms with Crippen LogP contribution in [0.4, 0.5) is 5.69 Å². The number of hydrogen-bond donors (Lipinski definition) is 2. The fourth-order valence-corrected chi connectivity index (χ4v) is 2.46. The van der Waals surface area contributed by atoms with Crippen LogP contribution in [0.2, 0.25) is 0 Å². The lowest BCUT2D eigenvalue weighted by Crippen LogP contribution is -2.33. The van der Waals surface area contributed by atoms with Gasteiger partial charge in [-0.15, -0.1) is 0 Å². The molecule has 2 N–H and O–H groups in total. The summed E-state index contributed by atoms with van der Waals surface area (Å²) in [5.74, 6) is 0.00394. The molecule has 21 heavy (non-hydrogen) atoms. The Kier molecular flexibility index (Phi) is 6.04. The maximum absolute atomic E-state index is 12.1. The van der Waals surface area contributed by atoms with Gasteiger partial charge in [-0.1, -0.05) is 37.3 Å². The number of anilines is 1. The molecular weight excluding hydrogens is 375 g/mol. The number of amides is 1. The van der Waals surface area contributed by atoms with Crippen molar-refractivity contribution in [3.8, 4) is 0 Å². The van der Waals surface area contributed by atoms with E-state index < -0.39 is 0 Å². The van der Waals surface area contributed by atoms with E-state index in [-0.39, 0.29) is 18.5 Å². The van der Waals surface area contributed by atoms with Gasteiger partial charge in [0.05, 0.1) is 12.6 Å². The van der Waals surface area contributed by atoms with Gasteiger partial charge in [0.15, 0.2) is 0 Å². The highest BCUT2D eigenvalue weighted by Gasteiger charge is 2.11. The molecule has 0 spiro atoms. The number of nitrogens with one attached hydrogen (secondary N) is 2. The molecule has 0 saturated heterocycles. The first kappa shape index (κ1) is 15.8. The van der Waals surface area contributed by atoms with Crippen molar-refractivity contribution in [3.63, 3.8) is 0 Å². The van der Waals surface area contributed by atoms with Gasteiger partial charge in [0.25, 0.3) is 0 Å². The quantitative estimate of drug-likeness (QED) is 0.729. The predicted octanol–water partition coefficient (Wildman–Crippen LogP) is 3.97. The standard InChI is InChI=1S/C17H19IN2O/c1-2-16(13-6-4-3-5-7-13)20-17(21)12-19-15-10-8-14(18)9-11-15/h3-11,16,19H,2,12H2,1H3,(H,20,21). The first-order chi connectivity index (χ1) is 10.2. The van der Waals surface area contributed by atoms with E-state index in [1.165, 1.54) is 3.57 Å². The van der Waals surface area contributed by atoms with Gasteiger partial charge in [-0.3, -0.25) is 4.79 Å².